The molecule has 2 aromatic rings. The molecule has 0 saturated carbocycles. The van der Waals surface area contributed by atoms with E-state index in [0.717, 1.165) is 17.0 Å². The van der Waals surface area contributed by atoms with Gasteiger partial charge in [-0.15, -0.1) is 0 Å². The summed E-state index contributed by atoms with van der Waals surface area (Å²) < 4.78 is 0. The Hall–Kier alpha value is -1.31. The SMILES string of the molecule is OC(Cc1ccc(Cl)cc1)CC1CCCc2ccccc21. The summed E-state index contributed by atoms with van der Waals surface area (Å²) in [4.78, 5) is 0. The van der Waals surface area contributed by atoms with Crippen molar-refractivity contribution in [3.8, 4) is 0 Å². The van der Waals surface area contributed by atoms with Crippen molar-refractivity contribution in [3.63, 3.8) is 0 Å². The van der Waals surface area contributed by atoms with Crippen LogP contribution in [0.2, 0.25) is 5.02 Å². The van der Waals surface area contributed by atoms with Crippen LogP contribution in [0, 0.1) is 0 Å². The van der Waals surface area contributed by atoms with Crippen LogP contribution >= 0.6 is 11.6 Å². The first-order valence-corrected chi connectivity index (χ1v) is 8.10. The van der Waals surface area contributed by atoms with Gasteiger partial charge in [0.05, 0.1) is 6.10 Å². The number of aryl methyl sites for hydroxylation is 1. The molecule has 0 spiro atoms. The Kier molecular flexibility index (Phi) is 4.62. The molecule has 2 atom stereocenters. The third-order valence-corrected chi connectivity index (χ3v) is 4.69. The lowest BCUT2D eigenvalue weighted by molar-refractivity contribution is 0.152. The summed E-state index contributed by atoms with van der Waals surface area (Å²) in [7, 11) is 0. The summed E-state index contributed by atoms with van der Waals surface area (Å²) in [5.74, 6) is 0.497. The molecule has 0 heterocycles. The normalized spacial score (nSPS) is 19.0. The van der Waals surface area contributed by atoms with Crippen molar-refractivity contribution < 1.29 is 5.11 Å². The van der Waals surface area contributed by atoms with Gasteiger partial charge in [-0.2, -0.15) is 0 Å². The Morgan fingerprint density at radius 3 is 2.67 bits per heavy atom. The quantitative estimate of drug-likeness (QED) is 0.863. The Bertz CT molecular complexity index is 591. The van der Waals surface area contributed by atoms with Crippen LogP contribution in [0.5, 0.6) is 0 Å². The zero-order valence-corrected chi connectivity index (χ0v) is 12.9. The molecular formula is C19H21ClO. The fourth-order valence-corrected chi connectivity index (χ4v) is 3.53. The highest BCUT2D eigenvalue weighted by Crippen LogP contribution is 2.35. The Morgan fingerprint density at radius 2 is 1.86 bits per heavy atom. The van der Waals surface area contributed by atoms with Crippen LogP contribution in [0.1, 0.15) is 41.9 Å². The van der Waals surface area contributed by atoms with E-state index >= 15 is 0 Å². The topological polar surface area (TPSA) is 20.2 Å². The van der Waals surface area contributed by atoms with E-state index in [1.54, 1.807) is 0 Å². The molecule has 1 N–H and O–H groups in total. The Balaban J connectivity index is 1.65. The first-order valence-electron chi connectivity index (χ1n) is 7.72. The molecule has 3 rings (SSSR count). The minimum absolute atomic E-state index is 0.290. The third kappa shape index (κ3) is 3.66. The maximum absolute atomic E-state index is 10.4. The van der Waals surface area contributed by atoms with Crippen LogP contribution < -0.4 is 0 Å². The second-order valence-electron chi connectivity index (χ2n) is 6.01. The monoisotopic (exact) mass is 300 g/mol. The van der Waals surface area contributed by atoms with Crippen LogP contribution in [0.15, 0.2) is 48.5 Å². The molecule has 110 valence electrons. The van der Waals surface area contributed by atoms with E-state index in [1.807, 2.05) is 24.3 Å². The van der Waals surface area contributed by atoms with Gasteiger partial charge in [-0.25, -0.2) is 0 Å². The molecule has 21 heavy (non-hydrogen) atoms. The molecule has 2 heteroatoms. The van der Waals surface area contributed by atoms with Gasteiger partial charge in [-0.05, 0) is 66.8 Å². The molecule has 0 aromatic heterocycles. The zero-order valence-electron chi connectivity index (χ0n) is 12.1. The molecule has 2 aromatic carbocycles. The minimum Gasteiger partial charge on any atom is -0.393 e. The van der Waals surface area contributed by atoms with E-state index in [-0.39, 0.29) is 6.10 Å². The summed E-state index contributed by atoms with van der Waals surface area (Å²) in [6, 6.07) is 16.5. The van der Waals surface area contributed by atoms with Crippen molar-refractivity contribution in [2.45, 2.75) is 44.1 Å². The van der Waals surface area contributed by atoms with Gasteiger partial charge in [0.1, 0.15) is 0 Å². The number of hydrogen-bond donors (Lipinski definition) is 1. The van der Waals surface area contributed by atoms with Gasteiger partial charge in [0.2, 0.25) is 0 Å². The second-order valence-corrected chi connectivity index (χ2v) is 6.44. The van der Waals surface area contributed by atoms with Gasteiger partial charge in [0.15, 0.2) is 0 Å². The molecule has 2 unspecified atom stereocenters. The molecule has 0 bridgehead atoms. The number of aliphatic hydroxyl groups excluding tert-OH is 1. The van der Waals surface area contributed by atoms with Gasteiger partial charge in [-0.3, -0.25) is 0 Å². The molecule has 0 fully saturated rings. The van der Waals surface area contributed by atoms with Crippen molar-refractivity contribution in [1.29, 1.82) is 0 Å². The van der Waals surface area contributed by atoms with Crippen molar-refractivity contribution in [1.82, 2.24) is 0 Å². The number of hydrogen-bond acceptors (Lipinski definition) is 1. The zero-order chi connectivity index (χ0) is 14.7. The van der Waals surface area contributed by atoms with Gasteiger partial charge in [0.25, 0.3) is 0 Å². The van der Waals surface area contributed by atoms with E-state index < -0.39 is 0 Å². The highest BCUT2D eigenvalue weighted by atomic mass is 35.5. The average molecular weight is 301 g/mol. The molecule has 1 aliphatic rings. The summed E-state index contributed by atoms with van der Waals surface area (Å²) in [5.41, 5.74) is 4.06. The molecule has 1 aliphatic carbocycles. The van der Waals surface area contributed by atoms with Gasteiger partial charge >= 0.3 is 0 Å². The maximum Gasteiger partial charge on any atom is 0.0586 e. The van der Waals surface area contributed by atoms with E-state index in [2.05, 4.69) is 24.3 Å². The fourth-order valence-electron chi connectivity index (χ4n) is 3.40. The van der Waals surface area contributed by atoms with Crippen LogP contribution in [0.4, 0.5) is 0 Å². The molecule has 1 nitrogen and oxygen atoms in total. The molecule has 0 saturated heterocycles. The van der Waals surface area contributed by atoms with Crippen molar-refractivity contribution >= 4 is 11.6 Å². The molecular weight excluding hydrogens is 280 g/mol. The lowest BCUT2D eigenvalue weighted by Gasteiger charge is -2.27. The number of halogens is 1. The fraction of sp³-hybridized carbons (Fsp3) is 0.368. The van der Waals surface area contributed by atoms with Crippen LogP contribution in [0.25, 0.3) is 0 Å². The Morgan fingerprint density at radius 1 is 1.10 bits per heavy atom. The van der Waals surface area contributed by atoms with E-state index in [0.29, 0.717) is 12.3 Å². The van der Waals surface area contributed by atoms with Gasteiger partial charge in [0, 0.05) is 5.02 Å². The number of aliphatic hydroxyl groups is 1. The van der Waals surface area contributed by atoms with Crippen molar-refractivity contribution in [2.24, 2.45) is 0 Å². The van der Waals surface area contributed by atoms with E-state index in [1.165, 1.54) is 30.4 Å². The van der Waals surface area contributed by atoms with E-state index in [4.69, 9.17) is 11.6 Å². The summed E-state index contributed by atoms with van der Waals surface area (Å²) >= 11 is 5.90. The van der Waals surface area contributed by atoms with Crippen molar-refractivity contribution in [3.05, 3.63) is 70.2 Å². The van der Waals surface area contributed by atoms with Crippen LogP contribution in [-0.4, -0.2) is 11.2 Å². The molecule has 0 amide bonds. The summed E-state index contributed by atoms with van der Waals surface area (Å²) in [5, 5.41) is 11.2. The number of benzene rings is 2. The minimum atomic E-state index is -0.290. The van der Waals surface area contributed by atoms with Gasteiger partial charge < -0.3 is 5.11 Å². The average Bonchev–Trinajstić information content (AvgIpc) is 2.50. The Labute approximate surface area is 131 Å². The smallest absolute Gasteiger partial charge is 0.0586 e. The first-order chi connectivity index (χ1) is 10.2. The lowest BCUT2D eigenvalue weighted by atomic mass is 9.79. The number of fused-ring (bicyclic) bond motifs is 1. The number of rotatable bonds is 4. The molecule has 0 radical (unpaired) electrons. The maximum atomic E-state index is 10.4. The first kappa shape index (κ1) is 14.6. The summed E-state index contributed by atoms with van der Waals surface area (Å²) in [6.07, 6.45) is 4.86. The van der Waals surface area contributed by atoms with Crippen LogP contribution in [-0.2, 0) is 12.8 Å². The van der Waals surface area contributed by atoms with E-state index in [9.17, 15) is 5.11 Å². The lowest BCUT2D eigenvalue weighted by Crippen LogP contribution is -2.18. The van der Waals surface area contributed by atoms with Gasteiger partial charge in [-0.1, -0.05) is 48.0 Å². The highest BCUT2D eigenvalue weighted by Gasteiger charge is 2.22. The predicted molar refractivity (Wildman–Crippen MR) is 87.9 cm³/mol. The van der Waals surface area contributed by atoms with Crippen molar-refractivity contribution in [2.75, 3.05) is 0 Å². The third-order valence-electron chi connectivity index (χ3n) is 4.43. The van der Waals surface area contributed by atoms with Crippen LogP contribution in [0.3, 0.4) is 0 Å². The predicted octanol–water partition coefficient (Wildman–Crippen LogP) is 4.75. The standard InChI is InChI=1S/C19H21ClO/c20-17-10-8-14(9-11-17)12-18(21)13-16-6-3-5-15-4-1-2-7-19(15)16/h1-2,4,7-11,16,18,21H,3,5-6,12-13H2. The second kappa shape index (κ2) is 6.64. The largest absolute Gasteiger partial charge is 0.393 e. The highest BCUT2D eigenvalue weighted by molar-refractivity contribution is 6.30. The summed E-state index contributed by atoms with van der Waals surface area (Å²) in [6.45, 7) is 0. The molecule has 0 aliphatic heterocycles.